The normalized spacial score (nSPS) is 16.6. The van der Waals surface area contributed by atoms with Crippen LogP contribution in [0.3, 0.4) is 0 Å². The SMILES string of the molecule is CCc1c2c(nc3ccc(O)cc13)-c1cc3c(c(=O)n1C2)COC(=O)[C@@]3(CC)OC(=O)CCC(=O)COCCOC(C)COCCOCC(=O)O. The first-order chi connectivity index (χ1) is 24.5. The minimum Gasteiger partial charge on any atom is -0.508 e. The lowest BCUT2D eigenvalue weighted by molar-refractivity contribution is -0.189. The highest BCUT2D eigenvalue weighted by atomic mass is 16.6. The number of phenolic OH excluding ortho intramolecular Hbond substituents is 1. The molecule has 0 saturated heterocycles. The lowest BCUT2D eigenvalue weighted by atomic mass is 9.85. The van der Waals surface area contributed by atoms with Gasteiger partial charge in [0, 0.05) is 22.9 Å². The first-order valence-electron chi connectivity index (χ1n) is 16.9. The number of fused-ring (bicyclic) bond motifs is 5. The molecule has 0 bridgehead atoms. The molecule has 1 unspecified atom stereocenters. The predicted molar refractivity (Wildman–Crippen MR) is 179 cm³/mol. The number of hydrogen-bond acceptors (Lipinski definition) is 13. The molecule has 0 aliphatic carbocycles. The number of aromatic hydroxyl groups is 1. The predicted octanol–water partition coefficient (Wildman–Crippen LogP) is 2.79. The highest BCUT2D eigenvalue weighted by Gasteiger charge is 2.50. The van der Waals surface area contributed by atoms with E-state index in [1.807, 2.05) is 6.92 Å². The number of aryl methyl sites for hydroxylation is 1. The molecular weight excluding hydrogens is 668 g/mol. The van der Waals surface area contributed by atoms with Gasteiger partial charge in [-0.05, 0) is 49.6 Å². The van der Waals surface area contributed by atoms with Crippen LogP contribution < -0.4 is 5.56 Å². The van der Waals surface area contributed by atoms with Crippen LogP contribution in [0.4, 0.5) is 0 Å². The fourth-order valence-corrected chi connectivity index (χ4v) is 6.34. The summed E-state index contributed by atoms with van der Waals surface area (Å²) >= 11 is 0. The molecule has 5 rings (SSSR count). The Labute approximate surface area is 293 Å². The molecule has 51 heavy (non-hydrogen) atoms. The number of ether oxygens (including phenoxy) is 6. The molecule has 4 heterocycles. The van der Waals surface area contributed by atoms with Crippen molar-refractivity contribution in [2.75, 3.05) is 46.2 Å². The first-order valence-corrected chi connectivity index (χ1v) is 16.9. The second-order valence-corrected chi connectivity index (χ2v) is 12.3. The zero-order chi connectivity index (χ0) is 36.7. The van der Waals surface area contributed by atoms with E-state index in [1.54, 1.807) is 42.7 Å². The van der Waals surface area contributed by atoms with Crippen molar-refractivity contribution in [1.29, 1.82) is 0 Å². The van der Waals surface area contributed by atoms with Gasteiger partial charge in [-0.1, -0.05) is 13.8 Å². The summed E-state index contributed by atoms with van der Waals surface area (Å²) in [5, 5.41) is 19.4. The number of carboxylic acids is 1. The van der Waals surface area contributed by atoms with E-state index >= 15 is 0 Å². The Morgan fingerprint density at radius 3 is 2.49 bits per heavy atom. The molecule has 0 amide bonds. The number of cyclic esters (lactones) is 1. The van der Waals surface area contributed by atoms with E-state index in [0.29, 0.717) is 23.3 Å². The fraction of sp³-hybridized carbons (Fsp3) is 0.500. The number of nitrogens with zero attached hydrogens (tertiary/aromatic N) is 2. The maximum absolute atomic E-state index is 13.9. The average Bonchev–Trinajstić information content (AvgIpc) is 3.47. The van der Waals surface area contributed by atoms with Crippen molar-refractivity contribution in [3.63, 3.8) is 0 Å². The standard InChI is InChI=1S/C36H42N2O13/c1-4-24-25-14-22(39)6-8-29(25)37-33-26(24)16-38-30(33)15-28-27(34(38)44)19-50-35(45)36(28,5-2)51-32(43)9-7-23(40)18-47-12-13-49-21(3)17-46-10-11-48-20-31(41)42/h6,8,14-15,21,39H,4-5,7,9-13,16-20H2,1-3H3,(H,41,42)/t21?,36-/m0/s1. The summed E-state index contributed by atoms with van der Waals surface area (Å²) in [7, 11) is 0. The van der Waals surface area contributed by atoms with Crippen molar-refractivity contribution < 1.29 is 57.8 Å². The van der Waals surface area contributed by atoms with Gasteiger partial charge in [-0.2, -0.15) is 0 Å². The number of pyridine rings is 2. The number of carbonyl (C=O) groups is 4. The zero-order valence-electron chi connectivity index (χ0n) is 28.9. The number of aromatic nitrogens is 2. The monoisotopic (exact) mass is 710 g/mol. The second-order valence-electron chi connectivity index (χ2n) is 12.3. The van der Waals surface area contributed by atoms with E-state index in [4.69, 9.17) is 38.5 Å². The van der Waals surface area contributed by atoms with E-state index in [2.05, 4.69) is 0 Å². The number of carbonyl (C=O) groups excluding carboxylic acids is 3. The Morgan fingerprint density at radius 1 is 1.00 bits per heavy atom. The summed E-state index contributed by atoms with van der Waals surface area (Å²) in [5.74, 6) is -2.90. The summed E-state index contributed by atoms with van der Waals surface area (Å²) in [5.41, 5.74) is 1.69. The molecule has 2 aliphatic heterocycles. The molecular formula is C36H42N2O13. The molecule has 2 aliphatic rings. The Hall–Kier alpha value is -4.70. The fourth-order valence-electron chi connectivity index (χ4n) is 6.34. The van der Waals surface area contributed by atoms with Crippen LogP contribution >= 0.6 is 0 Å². The summed E-state index contributed by atoms with van der Waals surface area (Å²) in [4.78, 5) is 68.1. The molecule has 0 radical (unpaired) electrons. The number of aliphatic carboxylic acids is 1. The van der Waals surface area contributed by atoms with Crippen LogP contribution in [-0.2, 0) is 72.8 Å². The largest absolute Gasteiger partial charge is 0.508 e. The Balaban J connectivity index is 1.18. The molecule has 2 aromatic heterocycles. The molecule has 15 heteroatoms. The number of carboxylic acid groups (broad SMARTS) is 1. The molecule has 1 aromatic carbocycles. The Kier molecular flexibility index (Phi) is 12.2. The molecule has 274 valence electrons. The number of Topliss-reactive ketones (excluding diaryl/α,β-unsaturated/α-hetero) is 1. The quantitative estimate of drug-likeness (QED) is 0.106. The molecule has 0 saturated carbocycles. The number of phenols is 1. The number of esters is 2. The summed E-state index contributed by atoms with van der Waals surface area (Å²) in [6.45, 7) is 5.71. The number of rotatable bonds is 19. The van der Waals surface area contributed by atoms with Gasteiger partial charge in [-0.15, -0.1) is 0 Å². The molecule has 0 fully saturated rings. The Morgan fingerprint density at radius 2 is 1.75 bits per heavy atom. The van der Waals surface area contributed by atoms with Gasteiger partial charge >= 0.3 is 17.9 Å². The van der Waals surface area contributed by atoms with Gasteiger partial charge in [0.15, 0.2) is 5.78 Å². The van der Waals surface area contributed by atoms with E-state index in [-0.39, 0.29) is 113 Å². The number of ketones is 1. The highest BCUT2D eigenvalue weighted by molar-refractivity contribution is 5.91. The third kappa shape index (κ3) is 8.28. The maximum atomic E-state index is 13.9. The van der Waals surface area contributed by atoms with Gasteiger partial charge in [0.2, 0.25) is 5.60 Å². The van der Waals surface area contributed by atoms with Crippen molar-refractivity contribution in [2.24, 2.45) is 0 Å². The summed E-state index contributed by atoms with van der Waals surface area (Å²) < 4.78 is 34.0. The van der Waals surface area contributed by atoms with Crippen molar-refractivity contribution in [1.82, 2.24) is 9.55 Å². The lowest BCUT2D eigenvalue weighted by Crippen LogP contribution is -2.47. The van der Waals surface area contributed by atoms with Gasteiger partial charge in [0.05, 0.1) is 74.6 Å². The van der Waals surface area contributed by atoms with E-state index in [9.17, 15) is 29.1 Å². The van der Waals surface area contributed by atoms with Crippen LogP contribution in [0.1, 0.15) is 62.3 Å². The number of benzene rings is 1. The van der Waals surface area contributed by atoms with Gasteiger partial charge in [0.1, 0.15) is 25.6 Å². The second kappa shape index (κ2) is 16.5. The lowest BCUT2D eigenvalue weighted by Gasteiger charge is -2.35. The first kappa shape index (κ1) is 37.6. The maximum Gasteiger partial charge on any atom is 0.355 e. The van der Waals surface area contributed by atoms with E-state index in [0.717, 1.165) is 16.5 Å². The highest BCUT2D eigenvalue weighted by Crippen LogP contribution is 2.42. The van der Waals surface area contributed by atoms with Crippen LogP contribution in [0.2, 0.25) is 0 Å². The minimum absolute atomic E-state index is 0.00994. The third-order valence-corrected chi connectivity index (χ3v) is 8.85. The smallest absolute Gasteiger partial charge is 0.355 e. The van der Waals surface area contributed by atoms with Crippen molar-refractivity contribution in [3.8, 4) is 17.1 Å². The van der Waals surface area contributed by atoms with Gasteiger partial charge in [-0.25, -0.2) is 14.6 Å². The molecule has 3 aromatic rings. The summed E-state index contributed by atoms with van der Waals surface area (Å²) in [6, 6.07) is 6.60. The van der Waals surface area contributed by atoms with Gasteiger partial charge in [0.25, 0.3) is 5.56 Å². The Bertz CT molecular complexity index is 1870. The van der Waals surface area contributed by atoms with Crippen molar-refractivity contribution in [2.45, 2.75) is 71.3 Å². The third-order valence-electron chi connectivity index (χ3n) is 8.85. The van der Waals surface area contributed by atoms with Crippen LogP contribution in [-0.4, -0.2) is 95.8 Å². The van der Waals surface area contributed by atoms with E-state index in [1.165, 1.54) is 0 Å². The minimum atomic E-state index is -1.89. The summed E-state index contributed by atoms with van der Waals surface area (Å²) in [6.07, 6.45) is -0.158. The van der Waals surface area contributed by atoms with Crippen LogP contribution in [0.25, 0.3) is 22.3 Å². The van der Waals surface area contributed by atoms with Crippen LogP contribution in [0.15, 0.2) is 29.1 Å². The van der Waals surface area contributed by atoms with Gasteiger partial charge < -0.3 is 43.2 Å². The molecule has 2 atom stereocenters. The molecule has 15 nitrogen and oxygen atoms in total. The zero-order valence-corrected chi connectivity index (χ0v) is 28.9. The average molecular weight is 711 g/mol. The number of hydrogen-bond donors (Lipinski definition) is 2. The molecule has 2 N–H and O–H groups in total. The van der Waals surface area contributed by atoms with Crippen LogP contribution in [0, 0.1) is 0 Å². The molecule has 0 spiro atoms. The van der Waals surface area contributed by atoms with Gasteiger partial charge in [-0.3, -0.25) is 14.4 Å². The van der Waals surface area contributed by atoms with Crippen molar-refractivity contribution in [3.05, 3.63) is 56.9 Å². The van der Waals surface area contributed by atoms with E-state index < -0.39 is 23.5 Å². The van der Waals surface area contributed by atoms with Crippen LogP contribution in [0.5, 0.6) is 5.75 Å². The topological polar surface area (TPSA) is 199 Å². The van der Waals surface area contributed by atoms with Crippen molar-refractivity contribution >= 4 is 34.6 Å².